The van der Waals surface area contributed by atoms with Crippen molar-refractivity contribution in [1.82, 2.24) is 0 Å². The maximum Gasteiger partial charge on any atom is 0.270 e. The van der Waals surface area contributed by atoms with E-state index in [0.717, 1.165) is 11.8 Å². The molecule has 0 radical (unpaired) electrons. The number of ether oxygens (including phenoxy) is 2. The van der Waals surface area contributed by atoms with Gasteiger partial charge in [0.25, 0.3) is 5.91 Å². The zero-order valence-electron chi connectivity index (χ0n) is 13.8. The van der Waals surface area contributed by atoms with E-state index in [1.54, 1.807) is 38.5 Å². The number of carbonyl (C=O) groups is 1. The average Bonchev–Trinajstić information content (AvgIpc) is 2.91. The van der Waals surface area contributed by atoms with Crippen LogP contribution in [0.4, 0.5) is 10.1 Å². The van der Waals surface area contributed by atoms with Gasteiger partial charge in [0, 0.05) is 5.56 Å². The average molecular weight is 410 g/mol. The minimum Gasteiger partial charge on any atom is -0.497 e. The Hall–Kier alpha value is -2.09. The number of amides is 1. The first-order chi connectivity index (χ1) is 12.4. The summed E-state index contributed by atoms with van der Waals surface area (Å²) in [6.45, 7) is 0. The van der Waals surface area contributed by atoms with Crippen LogP contribution in [0.1, 0.15) is 5.56 Å². The van der Waals surface area contributed by atoms with Gasteiger partial charge in [-0.2, -0.15) is 0 Å². The molecule has 4 nitrogen and oxygen atoms in total. The topological polar surface area (TPSA) is 38.8 Å². The SMILES string of the molecule is COc1ccc(OC)c(C=C2SC(=S)N(c3ccc(F)c(Cl)c3)C2=O)c1. The maximum atomic E-state index is 13.4. The zero-order chi connectivity index (χ0) is 18.8. The molecular formula is C18H13ClFNO3S2. The second kappa shape index (κ2) is 7.65. The number of methoxy groups -OCH3 is 2. The third kappa shape index (κ3) is 3.56. The molecule has 2 aromatic carbocycles. The van der Waals surface area contributed by atoms with Crippen molar-refractivity contribution < 1.29 is 18.7 Å². The van der Waals surface area contributed by atoms with Gasteiger partial charge in [0.05, 0.1) is 29.8 Å². The van der Waals surface area contributed by atoms with E-state index in [0.29, 0.717) is 32.0 Å². The van der Waals surface area contributed by atoms with E-state index < -0.39 is 5.82 Å². The largest absolute Gasteiger partial charge is 0.497 e. The first-order valence-corrected chi connectivity index (χ1v) is 9.00. The van der Waals surface area contributed by atoms with E-state index in [4.69, 9.17) is 33.3 Å². The molecule has 0 aliphatic carbocycles. The standard InChI is InChI=1S/C18H13ClFNO3S2/c1-23-12-4-6-15(24-2)10(7-12)8-16-17(22)21(18(25)26-16)11-3-5-14(20)13(19)9-11/h3-9H,1-2H3. The number of benzene rings is 2. The number of rotatable bonds is 4. The fourth-order valence-corrected chi connectivity index (χ4v) is 3.87. The van der Waals surface area contributed by atoms with Crippen molar-refractivity contribution in [2.24, 2.45) is 0 Å². The van der Waals surface area contributed by atoms with E-state index in [1.165, 1.54) is 23.1 Å². The highest BCUT2D eigenvalue weighted by Gasteiger charge is 2.33. The number of thiocarbonyl (C=S) groups is 1. The van der Waals surface area contributed by atoms with Crippen LogP contribution in [0.5, 0.6) is 11.5 Å². The summed E-state index contributed by atoms with van der Waals surface area (Å²) >= 11 is 12.3. The van der Waals surface area contributed by atoms with Crippen LogP contribution in [0.25, 0.3) is 6.08 Å². The lowest BCUT2D eigenvalue weighted by Gasteiger charge is -2.14. The van der Waals surface area contributed by atoms with Gasteiger partial charge in [0.15, 0.2) is 4.32 Å². The van der Waals surface area contributed by atoms with Gasteiger partial charge in [0.2, 0.25) is 0 Å². The molecule has 3 rings (SSSR count). The van der Waals surface area contributed by atoms with E-state index in [2.05, 4.69) is 0 Å². The molecule has 0 spiro atoms. The molecule has 0 unspecified atom stereocenters. The Labute approximate surface area is 164 Å². The van der Waals surface area contributed by atoms with Crippen molar-refractivity contribution >= 4 is 57.6 Å². The third-order valence-corrected chi connectivity index (χ3v) is 5.27. The molecule has 134 valence electrons. The lowest BCUT2D eigenvalue weighted by molar-refractivity contribution is -0.113. The predicted molar refractivity (Wildman–Crippen MR) is 107 cm³/mol. The maximum absolute atomic E-state index is 13.4. The highest BCUT2D eigenvalue weighted by atomic mass is 35.5. The fourth-order valence-electron chi connectivity index (χ4n) is 2.41. The molecule has 0 bridgehead atoms. The summed E-state index contributed by atoms with van der Waals surface area (Å²) in [4.78, 5) is 14.6. The summed E-state index contributed by atoms with van der Waals surface area (Å²) in [5, 5.41) is -0.0741. The van der Waals surface area contributed by atoms with Crippen LogP contribution >= 0.6 is 35.6 Å². The molecule has 2 aromatic rings. The van der Waals surface area contributed by atoms with Crippen LogP contribution in [0.2, 0.25) is 5.02 Å². The summed E-state index contributed by atoms with van der Waals surface area (Å²) in [5.74, 6) is 0.365. The van der Waals surface area contributed by atoms with Crippen LogP contribution in [0.15, 0.2) is 41.3 Å². The number of nitrogens with zero attached hydrogens (tertiary/aromatic N) is 1. The predicted octanol–water partition coefficient (Wildman–Crippen LogP) is 4.90. The minimum absolute atomic E-state index is 0.0741. The van der Waals surface area contributed by atoms with E-state index in [-0.39, 0.29) is 10.9 Å². The molecule has 8 heteroatoms. The Balaban J connectivity index is 1.98. The van der Waals surface area contributed by atoms with Crippen LogP contribution in [0.3, 0.4) is 0 Å². The fraction of sp³-hybridized carbons (Fsp3) is 0.111. The van der Waals surface area contributed by atoms with Crippen molar-refractivity contribution in [2.45, 2.75) is 0 Å². The van der Waals surface area contributed by atoms with Crippen molar-refractivity contribution in [2.75, 3.05) is 19.1 Å². The summed E-state index contributed by atoms with van der Waals surface area (Å²) in [7, 11) is 3.11. The molecule has 1 aliphatic rings. The van der Waals surface area contributed by atoms with Gasteiger partial charge in [0.1, 0.15) is 17.3 Å². The summed E-state index contributed by atoms with van der Waals surface area (Å²) in [5.41, 5.74) is 1.10. The van der Waals surface area contributed by atoms with Crippen LogP contribution in [0, 0.1) is 5.82 Å². The molecule has 1 aliphatic heterocycles. The van der Waals surface area contributed by atoms with Gasteiger partial charge in [-0.1, -0.05) is 35.6 Å². The second-order valence-electron chi connectivity index (χ2n) is 5.22. The molecule has 1 fully saturated rings. The Morgan fingerprint density at radius 3 is 2.62 bits per heavy atom. The van der Waals surface area contributed by atoms with E-state index in [1.807, 2.05) is 0 Å². The molecule has 1 amide bonds. The Bertz CT molecular complexity index is 933. The quantitative estimate of drug-likeness (QED) is 0.530. The normalized spacial score (nSPS) is 15.7. The van der Waals surface area contributed by atoms with Crippen LogP contribution < -0.4 is 14.4 Å². The van der Waals surface area contributed by atoms with Crippen molar-refractivity contribution in [3.8, 4) is 11.5 Å². The lowest BCUT2D eigenvalue weighted by atomic mass is 10.1. The molecule has 0 saturated carbocycles. The van der Waals surface area contributed by atoms with Crippen molar-refractivity contribution in [1.29, 1.82) is 0 Å². The van der Waals surface area contributed by atoms with Gasteiger partial charge in [-0.25, -0.2) is 4.39 Å². The summed E-state index contributed by atoms with van der Waals surface area (Å²) in [6, 6.07) is 9.32. The molecule has 0 N–H and O–H groups in total. The number of anilines is 1. The highest BCUT2D eigenvalue weighted by Crippen LogP contribution is 2.38. The third-order valence-electron chi connectivity index (χ3n) is 3.68. The smallest absolute Gasteiger partial charge is 0.270 e. The Kier molecular flexibility index (Phi) is 5.50. The van der Waals surface area contributed by atoms with Crippen LogP contribution in [-0.4, -0.2) is 24.4 Å². The number of carbonyl (C=O) groups excluding carboxylic acids is 1. The summed E-state index contributed by atoms with van der Waals surface area (Å²) in [6.07, 6.45) is 1.69. The Morgan fingerprint density at radius 1 is 1.19 bits per heavy atom. The first-order valence-electron chi connectivity index (χ1n) is 7.39. The lowest BCUT2D eigenvalue weighted by Crippen LogP contribution is -2.27. The minimum atomic E-state index is -0.558. The van der Waals surface area contributed by atoms with E-state index in [9.17, 15) is 9.18 Å². The number of hydrogen-bond acceptors (Lipinski definition) is 5. The molecule has 1 heterocycles. The number of hydrogen-bond donors (Lipinski definition) is 0. The molecular weight excluding hydrogens is 397 g/mol. The van der Waals surface area contributed by atoms with Crippen molar-refractivity contribution in [3.63, 3.8) is 0 Å². The van der Waals surface area contributed by atoms with Gasteiger partial charge in [-0.3, -0.25) is 9.69 Å². The first kappa shape index (κ1) is 18.7. The molecule has 26 heavy (non-hydrogen) atoms. The summed E-state index contributed by atoms with van der Waals surface area (Å²) < 4.78 is 24.3. The van der Waals surface area contributed by atoms with Crippen LogP contribution in [-0.2, 0) is 4.79 Å². The zero-order valence-corrected chi connectivity index (χ0v) is 16.2. The molecule has 0 aromatic heterocycles. The van der Waals surface area contributed by atoms with E-state index >= 15 is 0 Å². The number of thioether (sulfide) groups is 1. The van der Waals surface area contributed by atoms with Crippen molar-refractivity contribution in [3.05, 3.63) is 57.7 Å². The highest BCUT2D eigenvalue weighted by molar-refractivity contribution is 8.27. The van der Waals surface area contributed by atoms with Gasteiger partial charge in [-0.15, -0.1) is 0 Å². The Morgan fingerprint density at radius 2 is 1.96 bits per heavy atom. The van der Waals surface area contributed by atoms with Gasteiger partial charge in [-0.05, 0) is 42.5 Å². The van der Waals surface area contributed by atoms with Gasteiger partial charge >= 0.3 is 0 Å². The molecule has 1 saturated heterocycles. The number of halogens is 2. The van der Waals surface area contributed by atoms with Gasteiger partial charge < -0.3 is 9.47 Å². The monoisotopic (exact) mass is 409 g/mol. The molecule has 0 atom stereocenters. The second-order valence-corrected chi connectivity index (χ2v) is 7.31.